The first-order valence-electron chi connectivity index (χ1n) is 9.40. The number of likely N-dealkylation sites (tertiary alicyclic amines) is 1. The molecule has 0 bridgehead atoms. The first kappa shape index (κ1) is 18.1. The van der Waals surface area contributed by atoms with Crippen LogP contribution in [0.3, 0.4) is 0 Å². The van der Waals surface area contributed by atoms with Crippen molar-refractivity contribution in [3.8, 4) is 0 Å². The summed E-state index contributed by atoms with van der Waals surface area (Å²) in [7, 11) is -3.55. The van der Waals surface area contributed by atoms with Crippen molar-refractivity contribution in [1.82, 2.24) is 14.9 Å². The number of piperidine rings is 3. The molecule has 7 heteroatoms. The van der Waals surface area contributed by atoms with Crippen molar-refractivity contribution in [3.05, 3.63) is 0 Å². The second kappa shape index (κ2) is 6.92. The zero-order valence-corrected chi connectivity index (χ0v) is 15.9. The van der Waals surface area contributed by atoms with Gasteiger partial charge in [0.05, 0.1) is 0 Å². The predicted molar refractivity (Wildman–Crippen MR) is 93.9 cm³/mol. The Balaban J connectivity index is 1.99. The summed E-state index contributed by atoms with van der Waals surface area (Å²) in [6.45, 7) is 5.72. The molecule has 138 valence electrons. The van der Waals surface area contributed by atoms with E-state index in [0.29, 0.717) is 19.6 Å². The smallest absolute Gasteiger partial charge is 0.273 e. The number of nitrogens with zero attached hydrogens (tertiary/aromatic N) is 3. The van der Waals surface area contributed by atoms with Crippen LogP contribution in [-0.4, -0.2) is 73.1 Å². The van der Waals surface area contributed by atoms with Gasteiger partial charge in [-0.2, -0.15) is 0 Å². The number of hydrogen-bond acceptors (Lipinski definition) is 5. The van der Waals surface area contributed by atoms with E-state index in [4.69, 9.17) is 0 Å². The number of sulfone groups is 1. The van der Waals surface area contributed by atoms with Crippen LogP contribution in [0.1, 0.15) is 51.9 Å². The molecule has 3 rings (SSSR count). The highest BCUT2D eigenvalue weighted by atomic mass is 32.2. The summed E-state index contributed by atoms with van der Waals surface area (Å²) in [6, 6.07) is 0. The van der Waals surface area contributed by atoms with Crippen molar-refractivity contribution >= 4 is 15.7 Å². The summed E-state index contributed by atoms with van der Waals surface area (Å²) in [6.07, 6.45) is 8.42. The second-order valence-electron chi connectivity index (χ2n) is 7.65. The molecule has 0 aromatic carbocycles. The topological polar surface area (TPSA) is 60.9 Å². The second-order valence-corrected chi connectivity index (χ2v) is 9.82. The fourth-order valence-electron chi connectivity index (χ4n) is 4.83. The SMILES string of the molecule is CC1CCN(N2CCCCC2)C(=O)C1(N1CCCCC1)S(C)(=O)=O. The lowest BCUT2D eigenvalue weighted by atomic mass is 9.89. The van der Waals surface area contributed by atoms with Gasteiger partial charge in [0.1, 0.15) is 0 Å². The molecule has 6 nitrogen and oxygen atoms in total. The van der Waals surface area contributed by atoms with E-state index in [-0.39, 0.29) is 11.8 Å². The van der Waals surface area contributed by atoms with Gasteiger partial charge in [0, 0.05) is 39.0 Å². The third-order valence-electron chi connectivity index (χ3n) is 6.05. The highest BCUT2D eigenvalue weighted by molar-refractivity contribution is 7.92. The molecule has 2 unspecified atom stereocenters. The Hall–Kier alpha value is -0.660. The van der Waals surface area contributed by atoms with Crippen LogP contribution in [0, 0.1) is 5.92 Å². The molecular weight excluding hydrogens is 326 g/mol. The van der Waals surface area contributed by atoms with Gasteiger partial charge >= 0.3 is 0 Å². The lowest BCUT2D eigenvalue weighted by molar-refractivity contribution is -0.170. The van der Waals surface area contributed by atoms with Crippen molar-refractivity contribution in [3.63, 3.8) is 0 Å². The van der Waals surface area contributed by atoms with Crippen LogP contribution in [0.5, 0.6) is 0 Å². The molecule has 24 heavy (non-hydrogen) atoms. The van der Waals surface area contributed by atoms with Gasteiger partial charge in [-0.05, 0) is 38.0 Å². The number of carbonyl (C=O) groups is 1. The van der Waals surface area contributed by atoms with Crippen molar-refractivity contribution in [2.24, 2.45) is 5.92 Å². The van der Waals surface area contributed by atoms with Crippen LogP contribution in [0.2, 0.25) is 0 Å². The van der Waals surface area contributed by atoms with E-state index in [0.717, 1.165) is 51.6 Å². The van der Waals surface area contributed by atoms with E-state index < -0.39 is 14.7 Å². The van der Waals surface area contributed by atoms with Gasteiger partial charge in [-0.25, -0.2) is 13.4 Å². The largest absolute Gasteiger partial charge is 0.277 e. The molecule has 0 radical (unpaired) electrons. The third-order valence-corrected chi connectivity index (χ3v) is 8.01. The summed E-state index contributed by atoms with van der Waals surface area (Å²) in [5.41, 5.74) is 0. The molecule has 3 aliphatic heterocycles. The average Bonchev–Trinajstić information content (AvgIpc) is 2.56. The molecule has 0 saturated carbocycles. The van der Waals surface area contributed by atoms with Gasteiger partial charge in [0.25, 0.3) is 5.91 Å². The van der Waals surface area contributed by atoms with Crippen molar-refractivity contribution in [2.75, 3.05) is 39.0 Å². The van der Waals surface area contributed by atoms with Crippen molar-refractivity contribution in [1.29, 1.82) is 0 Å². The zero-order valence-electron chi connectivity index (χ0n) is 15.0. The third kappa shape index (κ3) is 2.88. The van der Waals surface area contributed by atoms with Crippen LogP contribution in [0.25, 0.3) is 0 Å². The first-order valence-corrected chi connectivity index (χ1v) is 11.3. The molecule has 0 aromatic heterocycles. The summed E-state index contributed by atoms with van der Waals surface area (Å²) < 4.78 is 25.9. The van der Waals surface area contributed by atoms with E-state index in [1.54, 1.807) is 5.01 Å². The summed E-state index contributed by atoms with van der Waals surface area (Å²) in [5, 5.41) is 3.87. The Labute approximate surface area is 146 Å². The van der Waals surface area contributed by atoms with Gasteiger partial charge in [-0.1, -0.05) is 19.8 Å². The number of hydrazine groups is 1. The van der Waals surface area contributed by atoms with Crippen molar-refractivity contribution in [2.45, 2.75) is 56.7 Å². The minimum atomic E-state index is -3.55. The monoisotopic (exact) mass is 357 g/mol. The standard InChI is InChI=1S/C17H31N3O3S/c1-15-9-14-20(19-12-7-4-8-13-19)16(21)17(15,24(2,22)23)18-10-5-3-6-11-18/h15H,3-14H2,1-2H3. The molecule has 0 N–H and O–H groups in total. The molecular formula is C17H31N3O3S. The molecule has 2 atom stereocenters. The van der Waals surface area contributed by atoms with Crippen molar-refractivity contribution < 1.29 is 13.2 Å². The summed E-state index contributed by atoms with van der Waals surface area (Å²) >= 11 is 0. The highest BCUT2D eigenvalue weighted by Crippen LogP contribution is 2.40. The van der Waals surface area contributed by atoms with E-state index in [2.05, 4.69) is 5.01 Å². The molecule has 3 aliphatic rings. The predicted octanol–water partition coefficient (Wildman–Crippen LogP) is 1.48. The van der Waals surface area contributed by atoms with Crippen LogP contribution >= 0.6 is 0 Å². The number of carbonyl (C=O) groups excluding carboxylic acids is 1. The van der Waals surface area contributed by atoms with Crippen LogP contribution in [0.4, 0.5) is 0 Å². The molecule has 0 aliphatic carbocycles. The Morgan fingerprint density at radius 2 is 1.46 bits per heavy atom. The van der Waals surface area contributed by atoms with E-state index in [1.807, 2.05) is 11.8 Å². The van der Waals surface area contributed by atoms with Gasteiger partial charge in [0.2, 0.25) is 4.87 Å². The Morgan fingerprint density at radius 3 is 2.00 bits per heavy atom. The zero-order chi connectivity index (χ0) is 17.4. The number of hydrogen-bond donors (Lipinski definition) is 0. The normalized spacial score (nSPS) is 34.5. The summed E-state index contributed by atoms with van der Waals surface area (Å²) in [5.74, 6) is -0.369. The van der Waals surface area contributed by atoms with Gasteiger partial charge < -0.3 is 0 Å². The molecule has 0 aromatic rings. The Morgan fingerprint density at radius 1 is 0.917 bits per heavy atom. The van der Waals surface area contributed by atoms with Gasteiger partial charge in [0.15, 0.2) is 9.84 Å². The number of rotatable bonds is 3. The molecule has 1 amide bonds. The average molecular weight is 358 g/mol. The van der Waals surface area contributed by atoms with Crippen LogP contribution < -0.4 is 0 Å². The van der Waals surface area contributed by atoms with E-state index in [9.17, 15) is 13.2 Å². The lowest BCUT2D eigenvalue weighted by Gasteiger charge is -2.53. The highest BCUT2D eigenvalue weighted by Gasteiger charge is 2.60. The number of amides is 1. The summed E-state index contributed by atoms with van der Waals surface area (Å²) in [4.78, 5) is 14.2. The molecule has 0 spiro atoms. The Bertz CT molecular complexity index is 568. The van der Waals surface area contributed by atoms with Gasteiger partial charge in [-0.15, -0.1) is 0 Å². The first-order chi connectivity index (χ1) is 11.4. The van der Waals surface area contributed by atoms with Crippen LogP contribution in [0.15, 0.2) is 0 Å². The minimum absolute atomic E-state index is 0.167. The maximum Gasteiger partial charge on any atom is 0.273 e. The maximum atomic E-state index is 13.6. The maximum absolute atomic E-state index is 13.6. The quantitative estimate of drug-likeness (QED) is 0.766. The molecule has 3 heterocycles. The fraction of sp³-hybridized carbons (Fsp3) is 0.941. The molecule has 3 saturated heterocycles. The Kier molecular flexibility index (Phi) is 5.23. The van der Waals surface area contributed by atoms with Gasteiger partial charge in [-0.3, -0.25) is 14.7 Å². The molecule has 3 fully saturated rings. The van der Waals surface area contributed by atoms with E-state index in [1.165, 1.54) is 12.7 Å². The van der Waals surface area contributed by atoms with Crippen LogP contribution in [-0.2, 0) is 14.6 Å². The van der Waals surface area contributed by atoms with E-state index >= 15 is 0 Å². The lowest BCUT2D eigenvalue weighted by Crippen LogP contribution is -2.72. The minimum Gasteiger partial charge on any atom is -0.277 e. The fourth-order valence-corrected chi connectivity index (χ4v) is 6.75.